The van der Waals surface area contributed by atoms with Gasteiger partial charge in [0.15, 0.2) is 0 Å². The van der Waals surface area contributed by atoms with Crippen LogP contribution in [0.5, 0.6) is 0 Å². The van der Waals surface area contributed by atoms with Crippen molar-refractivity contribution in [2.75, 3.05) is 25.6 Å². The molecule has 0 bridgehead atoms. The molecule has 2 nitrogen and oxygen atoms in total. The van der Waals surface area contributed by atoms with Gasteiger partial charge in [0.25, 0.3) is 0 Å². The third-order valence-electron chi connectivity index (χ3n) is 3.84. The number of hydrogen-bond donors (Lipinski definition) is 1. The van der Waals surface area contributed by atoms with E-state index in [1.807, 2.05) is 11.8 Å². The molecule has 0 aromatic rings. The number of nitrogens with two attached hydrogens (primary N) is 1. The molecule has 0 saturated carbocycles. The van der Waals surface area contributed by atoms with E-state index in [1.165, 1.54) is 12.2 Å². The topological polar surface area (TPSA) is 29.3 Å². The lowest BCUT2D eigenvalue weighted by atomic mass is 9.75. The first-order valence-corrected chi connectivity index (χ1v) is 7.53. The van der Waals surface area contributed by atoms with Gasteiger partial charge in [-0.15, -0.1) is 0 Å². The van der Waals surface area contributed by atoms with Crippen LogP contribution in [0.4, 0.5) is 0 Å². The summed E-state index contributed by atoms with van der Waals surface area (Å²) < 4.78 is 0. The first-order valence-electron chi connectivity index (χ1n) is 6.13. The van der Waals surface area contributed by atoms with E-state index in [4.69, 9.17) is 5.73 Å². The molecular weight excluding hydrogens is 216 g/mol. The van der Waals surface area contributed by atoms with E-state index in [9.17, 15) is 0 Å². The van der Waals surface area contributed by atoms with Gasteiger partial charge in [0, 0.05) is 23.9 Å². The maximum Gasteiger partial charge on any atom is 0.0180 e. The standard InChI is InChI=1S/C13H30N2S/c1-8-11(9-16-7)15(6)10-12(2,3)13(4,5)14/h11H,8-10,14H2,1-7H3. The number of nitrogens with zero attached hydrogens (tertiary/aromatic N) is 1. The summed E-state index contributed by atoms with van der Waals surface area (Å²) in [4.78, 5) is 2.46. The average Bonchev–Trinajstić information content (AvgIpc) is 2.11. The maximum absolute atomic E-state index is 6.25. The SMILES string of the molecule is CCC(CSC)N(C)CC(C)(C)C(C)(C)N. The van der Waals surface area contributed by atoms with Crippen LogP contribution in [-0.2, 0) is 0 Å². The summed E-state index contributed by atoms with van der Waals surface area (Å²) in [6, 6.07) is 0.664. The Morgan fingerprint density at radius 1 is 1.25 bits per heavy atom. The molecule has 0 aliphatic heterocycles. The zero-order valence-corrected chi connectivity index (χ0v) is 12.9. The van der Waals surface area contributed by atoms with E-state index in [-0.39, 0.29) is 11.0 Å². The molecule has 0 aliphatic carbocycles. The molecule has 16 heavy (non-hydrogen) atoms. The van der Waals surface area contributed by atoms with Crippen molar-refractivity contribution in [3.8, 4) is 0 Å². The Morgan fingerprint density at radius 3 is 2.06 bits per heavy atom. The van der Waals surface area contributed by atoms with Crippen LogP contribution in [0.2, 0.25) is 0 Å². The molecule has 0 aromatic carbocycles. The van der Waals surface area contributed by atoms with Crippen LogP contribution in [0.25, 0.3) is 0 Å². The lowest BCUT2D eigenvalue weighted by molar-refractivity contribution is 0.108. The summed E-state index contributed by atoms with van der Waals surface area (Å²) in [5.74, 6) is 1.20. The minimum Gasteiger partial charge on any atom is -0.325 e. The number of hydrogen-bond acceptors (Lipinski definition) is 3. The van der Waals surface area contributed by atoms with Crippen molar-refractivity contribution in [2.24, 2.45) is 11.1 Å². The third-order valence-corrected chi connectivity index (χ3v) is 4.56. The van der Waals surface area contributed by atoms with Crippen LogP contribution in [0.15, 0.2) is 0 Å². The molecule has 98 valence electrons. The van der Waals surface area contributed by atoms with E-state index in [0.29, 0.717) is 6.04 Å². The summed E-state index contributed by atoms with van der Waals surface area (Å²) in [7, 11) is 2.22. The largest absolute Gasteiger partial charge is 0.325 e. The molecule has 1 unspecified atom stereocenters. The van der Waals surface area contributed by atoms with Gasteiger partial charge in [-0.25, -0.2) is 0 Å². The van der Waals surface area contributed by atoms with Gasteiger partial charge in [-0.3, -0.25) is 0 Å². The molecule has 3 heteroatoms. The van der Waals surface area contributed by atoms with Crippen LogP contribution >= 0.6 is 11.8 Å². The van der Waals surface area contributed by atoms with Gasteiger partial charge in [0.1, 0.15) is 0 Å². The van der Waals surface area contributed by atoms with E-state index in [2.05, 4.69) is 52.8 Å². The van der Waals surface area contributed by atoms with E-state index in [0.717, 1.165) is 6.54 Å². The monoisotopic (exact) mass is 246 g/mol. The summed E-state index contributed by atoms with van der Waals surface area (Å²) in [6.07, 6.45) is 3.38. The highest BCUT2D eigenvalue weighted by Crippen LogP contribution is 2.29. The Hall–Kier alpha value is 0.270. The highest BCUT2D eigenvalue weighted by molar-refractivity contribution is 7.98. The highest BCUT2D eigenvalue weighted by atomic mass is 32.2. The van der Waals surface area contributed by atoms with Crippen molar-refractivity contribution in [1.29, 1.82) is 0 Å². The molecule has 0 saturated heterocycles. The van der Waals surface area contributed by atoms with Crippen LogP contribution in [0.1, 0.15) is 41.0 Å². The second kappa shape index (κ2) is 6.27. The lowest BCUT2D eigenvalue weighted by Crippen LogP contribution is -2.54. The average molecular weight is 246 g/mol. The molecule has 0 aliphatic rings. The lowest BCUT2D eigenvalue weighted by Gasteiger charge is -2.43. The summed E-state index contributed by atoms with van der Waals surface area (Å²) in [5.41, 5.74) is 6.24. The Bertz CT molecular complexity index is 197. The number of thioether (sulfide) groups is 1. The fraction of sp³-hybridized carbons (Fsp3) is 1.00. The van der Waals surface area contributed by atoms with Crippen molar-refractivity contribution in [3.63, 3.8) is 0 Å². The van der Waals surface area contributed by atoms with Gasteiger partial charge < -0.3 is 10.6 Å². The predicted molar refractivity (Wildman–Crippen MR) is 77.1 cm³/mol. The van der Waals surface area contributed by atoms with Crippen molar-refractivity contribution >= 4 is 11.8 Å². The molecule has 0 spiro atoms. The summed E-state index contributed by atoms with van der Waals surface area (Å²) >= 11 is 1.92. The quantitative estimate of drug-likeness (QED) is 0.749. The molecule has 1 atom stereocenters. The van der Waals surface area contributed by atoms with E-state index >= 15 is 0 Å². The third kappa shape index (κ3) is 4.64. The first-order chi connectivity index (χ1) is 7.15. The van der Waals surface area contributed by atoms with Crippen molar-refractivity contribution in [2.45, 2.75) is 52.6 Å². The molecule has 2 N–H and O–H groups in total. The molecule has 0 rings (SSSR count). The second-order valence-electron chi connectivity index (χ2n) is 6.04. The zero-order chi connectivity index (χ0) is 13.0. The van der Waals surface area contributed by atoms with E-state index in [1.54, 1.807) is 0 Å². The molecule has 0 radical (unpaired) electrons. The second-order valence-corrected chi connectivity index (χ2v) is 6.95. The Balaban J connectivity index is 4.47. The Labute approximate surface area is 106 Å². The minimum absolute atomic E-state index is 0.133. The van der Waals surface area contributed by atoms with Gasteiger partial charge in [-0.1, -0.05) is 20.8 Å². The van der Waals surface area contributed by atoms with Gasteiger partial charge in [-0.2, -0.15) is 11.8 Å². The Morgan fingerprint density at radius 2 is 1.75 bits per heavy atom. The molecule has 0 amide bonds. The highest BCUT2D eigenvalue weighted by Gasteiger charge is 2.35. The molecule has 0 fully saturated rings. The molecule has 0 heterocycles. The fourth-order valence-corrected chi connectivity index (χ4v) is 2.58. The minimum atomic E-state index is -0.140. The van der Waals surface area contributed by atoms with Crippen LogP contribution in [-0.4, -0.2) is 42.1 Å². The van der Waals surface area contributed by atoms with Crippen molar-refractivity contribution in [1.82, 2.24) is 4.90 Å². The summed E-state index contributed by atoms with van der Waals surface area (Å²) in [5, 5.41) is 0. The first kappa shape index (κ1) is 16.3. The van der Waals surface area contributed by atoms with Gasteiger partial charge in [-0.05, 0) is 39.0 Å². The molecular formula is C13H30N2S. The van der Waals surface area contributed by atoms with Crippen molar-refractivity contribution in [3.05, 3.63) is 0 Å². The van der Waals surface area contributed by atoms with Crippen LogP contribution in [0, 0.1) is 5.41 Å². The fourth-order valence-electron chi connectivity index (χ4n) is 1.71. The van der Waals surface area contributed by atoms with Gasteiger partial charge in [0.2, 0.25) is 0 Å². The van der Waals surface area contributed by atoms with Gasteiger partial charge >= 0.3 is 0 Å². The predicted octanol–water partition coefficient (Wildman–Crippen LogP) is 2.82. The maximum atomic E-state index is 6.25. The molecule has 0 aromatic heterocycles. The zero-order valence-electron chi connectivity index (χ0n) is 12.1. The van der Waals surface area contributed by atoms with Gasteiger partial charge in [0.05, 0.1) is 0 Å². The smallest absolute Gasteiger partial charge is 0.0180 e. The normalized spacial score (nSPS) is 15.6. The summed E-state index contributed by atoms with van der Waals surface area (Å²) in [6.45, 7) is 12.1. The number of rotatable bonds is 7. The van der Waals surface area contributed by atoms with Crippen LogP contribution in [0.3, 0.4) is 0 Å². The van der Waals surface area contributed by atoms with Crippen LogP contribution < -0.4 is 5.73 Å². The van der Waals surface area contributed by atoms with Crippen molar-refractivity contribution < 1.29 is 0 Å². The Kier molecular flexibility index (Phi) is 6.38. The van der Waals surface area contributed by atoms with E-state index < -0.39 is 0 Å².